The molecule has 0 bridgehead atoms. The highest BCUT2D eigenvalue weighted by atomic mass is 35.5. The molecule has 0 nitrogen and oxygen atoms in total. The summed E-state index contributed by atoms with van der Waals surface area (Å²) < 4.78 is 0. The summed E-state index contributed by atoms with van der Waals surface area (Å²) in [5, 5.41) is 2.17. The van der Waals surface area contributed by atoms with Crippen molar-refractivity contribution in [2.45, 2.75) is 6.16 Å². The SMILES string of the molecule is Clc1ccc(PCc2ccccc2)cc1. The first-order chi connectivity index (χ1) is 7.34. The molecule has 15 heavy (non-hydrogen) atoms. The van der Waals surface area contributed by atoms with Crippen molar-refractivity contribution in [2.24, 2.45) is 0 Å². The standard InChI is InChI=1S/C13H12ClP/c14-12-6-8-13(9-7-12)15-10-11-4-2-1-3-5-11/h1-9,15H,10H2. The largest absolute Gasteiger partial charge is 0.0859 e. The van der Waals surface area contributed by atoms with Gasteiger partial charge in [-0.3, -0.25) is 0 Å². The summed E-state index contributed by atoms with van der Waals surface area (Å²) in [5.74, 6) is 0. The van der Waals surface area contributed by atoms with Crippen LogP contribution < -0.4 is 5.30 Å². The molecule has 0 saturated heterocycles. The molecule has 0 aliphatic rings. The van der Waals surface area contributed by atoms with Crippen molar-refractivity contribution < 1.29 is 0 Å². The fourth-order valence-electron chi connectivity index (χ4n) is 1.37. The van der Waals surface area contributed by atoms with Crippen LogP contribution >= 0.6 is 20.2 Å². The van der Waals surface area contributed by atoms with E-state index in [0.29, 0.717) is 0 Å². The van der Waals surface area contributed by atoms with Gasteiger partial charge < -0.3 is 0 Å². The maximum Gasteiger partial charge on any atom is 0.0406 e. The van der Waals surface area contributed by atoms with Crippen LogP contribution in [0.4, 0.5) is 0 Å². The van der Waals surface area contributed by atoms with Crippen molar-refractivity contribution in [1.29, 1.82) is 0 Å². The smallest absolute Gasteiger partial charge is 0.0406 e. The van der Waals surface area contributed by atoms with Crippen LogP contribution in [-0.2, 0) is 6.16 Å². The second-order valence-electron chi connectivity index (χ2n) is 3.35. The lowest BCUT2D eigenvalue weighted by atomic mass is 10.2. The summed E-state index contributed by atoms with van der Waals surface area (Å²) in [7, 11) is 0.820. The predicted molar refractivity (Wildman–Crippen MR) is 69.5 cm³/mol. The van der Waals surface area contributed by atoms with E-state index in [1.165, 1.54) is 10.9 Å². The van der Waals surface area contributed by atoms with Gasteiger partial charge in [-0.25, -0.2) is 0 Å². The van der Waals surface area contributed by atoms with E-state index in [9.17, 15) is 0 Å². The average molecular weight is 235 g/mol. The molecule has 1 atom stereocenters. The Kier molecular flexibility index (Phi) is 3.77. The van der Waals surface area contributed by atoms with Gasteiger partial charge in [-0.2, -0.15) is 0 Å². The van der Waals surface area contributed by atoms with E-state index in [4.69, 9.17) is 11.6 Å². The first-order valence-corrected chi connectivity index (χ1v) is 6.46. The number of benzene rings is 2. The van der Waals surface area contributed by atoms with Gasteiger partial charge in [0.05, 0.1) is 0 Å². The van der Waals surface area contributed by atoms with Gasteiger partial charge in [0.2, 0.25) is 0 Å². The molecule has 0 aliphatic heterocycles. The van der Waals surface area contributed by atoms with Crippen LogP contribution in [0, 0.1) is 0 Å². The molecule has 2 rings (SSSR count). The van der Waals surface area contributed by atoms with Gasteiger partial charge in [-0.15, -0.1) is 0 Å². The zero-order chi connectivity index (χ0) is 10.5. The Morgan fingerprint density at radius 1 is 0.867 bits per heavy atom. The van der Waals surface area contributed by atoms with Crippen LogP contribution in [0.3, 0.4) is 0 Å². The van der Waals surface area contributed by atoms with Gasteiger partial charge >= 0.3 is 0 Å². The first-order valence-electron chi connectivity index (χ1n) is 4.88. The van der Waals surface area contributed by atoms with E-state index < -0.39 is 0 Å². The number of hydrogen-bond donors (Lipinski definition) is 0. The van der Waals surface area contributed by atoms with Crippen LogP contribution in [0.25, 0.3) is 0 Å². The third kappa shape index (κ3) is 3.34. The molecule has 76 valence electrons. The Morgan fingerprint density at radius 3 is 2.20 bits per heavy atom. The molecule has 0 aromatic heterocycles. The first kappa shape index (κ1) is 10.7. The van der Waals surface area contributed by atoms with Crippen molar-refractivity contribution in [3.63, 3.8) is 0 Å². The Bertz CT molecular complexity index is 408. The van der Waals surface area contributed by atoms with Gasteiger partial charge in [0.15, 0.2) is 0 Å². The van der Waals surface area contributed by atoms with E-state index in [1.807, 2.05) is 12.1 Å². The van der Waals surface area contributed by atoms with Gasteiger partial charge in [-0.05, 0) is 29.2 Å². The topological polar surface area (TPSA) is 0 Å². The molecule has 0 N–H and O–H groups in total. The Hall–Kier alpha value is -0.840. The molecule has 2 aromatic rings. The summed E-state index contributed by atoms with van der Waals surface area (Å²) >= 11 is 5.83. The maximum atomic E-state index is 5.83. The lowest BCUT2D eigenvalue weighted by molar-refractivity contribution is 1.41. The third-order valence-corrected chi connectivity index (χ3v) is 3.76. The van der Waals surface area contributed by atoms with E-state index in [-0.39, 0.29) is 0 Å². The van der Waals surface area contributed by atoms with Crippen LogP contribution in [0.5, 0.6) is 0 Å². The van der Waals surface area contributed by atoms with Crippen molar-refractivity contribution >= 4 is 25.5 Å². The molecule has 2 heteroatoms. The summed E-state index contributed by atoms with van der Waals surface area (Å²) in [6.45, 7) is 0. The van der Waals surface area contributed by atoms with Crippen molar-refractivity contribution in [2.75, 3.05) is 0 Å². The highest BCUT2D eigenvalue weighted by molar-refractivity contribution is 7.46. The zero-order valence-corrected chi connectivity index (χ0v) is 10.0. The molecule has 0 fully saturated rings. The molecule has 0 radical (unpaired) electrons. The molecule has 0 amide bonds. The summed E-state index contributed by atoms with van der Waals surface area (Å²) in [4.78, 5) is 0. The van der Waals surface area contributed by atoms with Crippen LogP contribution in [-0.4, -0.2) is 0 Å². The van der Waals surface area contributed by atoms with Crippen LogP contribution in [0.1, 0.15) is 5.56 Å². The second-order valence-corrected chi connectivity index (χ2v) is 5.07. The van der Waals surface area contributed by atoms with E-state index in [0.717, 1.165) is 19.8 Å². The Balaban J connectivity index is 1.96. The minimum absolute atomic E-state index is 0.809. The highest BCUT2D eigenvalue weighted by Crippen LogP contribution is 2.18. The van der Waals surface area contributed by atoms with Gasteiger partial charge in [0.25, 0.3) is 0 Å². The Labute approximate surface area is 97.1 Å². The highest BCUT2D eigenvalue weighted by Gasteiger charge is 1.94. The minimum Gasteiger partial charge on any atom is -0.0859 e. The number of rotatable bonds is 3. The van der Waals surface area contributed by atoms with Crippen molar-refractivity contribution in [1.82, 2.24) is 0 Å². The summed E-state index contributed by atoms with van der Waals surface area (Å²) in [5.41, 5.74) is 1.39. The molecule has 1 unspecified atom stereocenters. The molecule has 0 spiro atoms. The summed E-state index contributed by atoms with van der Waals surface area (Å²) in [6, 6.07) is 18.7. The van der Waals surface area contributed by atoms with Gasteiger partial charge in [-0.1, -0.05) is 62.6 Å². The molecule has 0 heterocycles. The van der Waals surface area contributed by atoms with Crippen molar-refractivity contribution in [3.05, 3.63) is 65.2 Å². The zero-order valence-electron chi connectivity index (χ0n) is 8.28. The lowest BCUT2D eigenvalue weighted by Crippen LogP contribution is -1.92. The average Bonchev–Trinajstić information content (AvgIpc) is 2.30. The fourth-order valence-corrected chi connectivity index (χ4v) is 2.54. The molecule has 0 saturated carbocycles. The second kappa shape index (κ2) is 5.30. The van der Waals surface area contributed by atoms with Gasteiger partial charge in [0, 0.05) is 5.02 Å². The van der Waals surface area contributed by atoms with Crippen molar-refractivity contribution in [3.8, 4) is 0 Å². The maximum absolute atomic E-state index is 5.83. The van der Waals surface area contributed by atoms with E-state index in [2.05, 4.69) is 42.5 Å². The third-order valence-electron chi connectivity index (χ3n) is 2.18. The van der Waals surface area contributed by atoms with E-state index in [1.54, 1.807) is 0 Å². The minimum atomic E-state index is 0.809. The normalized spacial score (nSPS) is 11.0. The monoisotopic (exact) mass is 234 g/mol. The Morgan fingerprint density at radius 2 is 1.53 bits per heavy atom. The molecule has 0 aliphatic carbocycles. The summed E-state index contributed by atoms with van der Waals surface area (Å²) in [6.07, 6.45) is 1.11. The predicted octanol–water partition coefficient (Wildman–Crippen LogP) is 3.84. The fraction of sp³-hybridized carbons (Fsp3) is 0.0769. The lowest BCUT2D eigenvalue weighted by Gasteiger charge is -2.02. The van der Waals surface area contributed by atoms with Crippen LogP contribution in [0.2, 0.25) is 5.02 Å². The molecular formula is C13H12ClP. The van der Waals surface area contributed by atoms with Gasteiger partial charge in [0.1, 0.15) is 0 Å². The molecule has 2 aromatic carbocycles. The molecular weight excluding hydrogens is 223 g/mol. The van der Waals surface area contributed by atoms with E-state index >= 15 is 0 Å². The quantitative estimate of drug-likeness (QED) is 0.708. The number of halogens is 1. The van der Waals surface area contributed by atoms with Crippen LogP contribution in [0.15, 0.2) is 54.6 Å². The number of hydrogen-bond acceptors (Lipinski definition) is 0.